The monoisotopic (exact) mass is 460 g/mol. The molecule has 30 heavy (non-hydrogen) atoms. The van der Waals surface area contributed by atoms with E-state index >= 15 is 0 Å². The number of aromatic nitrogens is 2. The molecule has 3 heterocycles. The van der Waals surface area contributed by atoms with E-state index < -0.39 is 0 Å². The van der Waals surface area contributed by atoms with Crippen LogP contribution in [0.4, 0.5) is 5.13 Å². The molecule has 3 aromatic rings. The van der Waals surface area contributed by atoms with Gasteiger partial charge in [0, 0.05) is 40.5 Å². The minimum Gasteiger partial charge on any atom is -0.342 e. The molecule has 6 nitrogen and oxygen atoms in total. The zero-order valence-electron chi connectivity index (χ0n) is 16.4. The number of amides is 2. The standard InChI is InChI=1S/C21H21ClN4O2S2/c1-13-11-23-21(30-13)25-19(28)17-12-29-20(24-17)14-6-8-26(9-7-14)18(27)10-15-4-2-3-5-16(15)22/h2-5,11-12,14H,6-10H2,1H3,(H,23,25,28). The third-order valence-electron chi connectivity index (χ3n) is 5.09. The lowest BCUT2D eigenvalue weighted by molar-refractivity contribution is -0.131. The Balaban J connectivity index is 1.31. The lowest BCUT2D eigenvalue weighted by atomic mass is 9.97. The summed E-state index contributed by atoms with van der Waals surface area (Å²) in [6.45, 7) is 3.32. The van der Waals surface area contributed by atoms with Gasteiger partial charge in [-0.3, -0.25) is 14.9 Å². The van der Waals surface area contributed by atoms with E-state index in [0.717, 1.165) is 28.3 Å². The summed E-state index contributed by atoms with van der Waals surface area (Å²) in [4.78, 5) is 36.7. The van der Waals surface area contributed by atoms with Crippen LogP contribution >= 0.6 is 34.3 Å². The molecule has 0 saturated carbocycles. The van der Waals surface area contributed by atoms with Crippen LogP contribution < -0.4 is 5.32 Å². The van der Waals surface area contributed by atoms with Gasteiger partial charge in [-0.2, -0.15) is 0 Å². The Morgan fingerprint density at radius 1 is 1.27 bits per heavy atom. The number of hydrogen-bond acceptors (Lipinski definition) is 6. The van der Waals surface area contributed by atoms with Crippen LogP contribution in [-0.2, 0) is 11.2 Å². The predicted molar refractivity (Wildman–Crippen MR) is 121 cm³/mol. The first-order valence-corrected chi connectivity index (χ1v) is 11.8. The molecule has 0 aliphatic carbocycles. The largest absolute Gasteiger partial charge is 0.342 e. The van der Waals surface area contributed by atoms with Crippen LogP contribution in [0.5, 0.6) is 0 Å². The average Bonchev–Trinajstić information content (AvgIpc) is 3.39. The smallest absolute Gasteiger partial charge is 0.276 e. The number of aryl methyl sites for hydroxylation is 1. The fourth-order valence-corrected chi connectivity index (χ4v) is 5.28. The van der Waals surface area contributed by atoms with Crippen molar-refractivity contribution in [1.82, 2.24) is 14.9 Å². The van der Waals surface area contributed by atoms with Gasteiger partial charge in [0.25, 0.3) is 5.91 Å². The molecular formula is C21H21ClN4O2S2. The molecule has 156 valence electrons. The van der Waals surface area contributed by atoms with Crippen molar-refractivity contribution in [3.05, 3.63) is 62.0 Å². The molecule has 0 atom stereocenters. The number of anilines is 1. The van der Waals surface area contributed by atoms with Gasteiger partial charge in [-0.05, 0) is 31.4 Å². The molecule has 1 N–H and O–H groups in total. The van der Waals surface area contributed by atoms with E-state index in [1.165, 1.54) is 22.7 Å². The summed E-state index contributed by atoms with van der Waals surface area (Å²) < 4.78 is 0. The predicted octanol–water partition coefficient (Wildman–Crippen LogP) is 4.76. The lowest BCUT2D eigenvalue weighted by Gasteiger charge is -2.31. The highest BCUT2D eigenvalue weighted by atomic mass is 35.5. The zero-order chi connectivity index (χ0) is 21.1. The van der Waals surface area contributed by atoms with Gasteiger partial charge in [0.1, 0.15) is 5.69 Å². The van der Waals surface area contributed by atoms with Gasteiger partial charge >= 0.3 is 0 Å². The average molecular weight is 461 g/mol. The van der Waals surface area contributed by atoms with E-state index in [0.29, 0.717) is 35.4 Å². The topological polar surface area (TPSA) is 75.2 Å². The van der Waals surface area contributed by atoms with Crippen molar-refractivity contribution < 1.29 is 9.59 Å². The molecule has 1 aromatic carbocycles. The van der Waals surface area contributed by atoms with Crippen molar-refractivity contribution in [3.8, 4) is 0 Å². The first-order chi connectivity index (χ1) is 14.5. The van der Waals surface area contributed by atoms with Crippen LogP contribution in [0.25, 0.3) is 0 Å². The van der Waals surface area contributed by atoms with Crippen LogP contribution in [-0.4, -0.2) is 39.8 Å². The molecule has 1 aliphatic heterocycles. The highest BCUT2D eigenvalue weighted by Gasteiger charge is 2.26. The number of piperidine rings is 1. The van der Waals surface area contributed by atoms with Crippen LogP contribution in [0.15, 0.2) is 35.8 Å². The highest BCUT2D eigenvalue weighted by molar-refractivity contribution is 7.15. The van der Waals surface area contributed by atoms with Crippen molar-refractivity contribution >= 4 is 51.2 Å². The number of nitrogens with one attached hydrogen (secondary N) is 1. The highest BCUT2D eigenvalue weighted by Crippen LogP contribution is 2.31. The summed E-state index contributed by atoms with van der Waals surface area (Å²) in [5, 5.41) is 6.75. The molecule has 2 amide bonds. The van der Waals surface area contributed by atoms with Crippen LogP contribution in [0.3, 0.4) is 0 Å². The van der Waals surface area contributed by atoms with Gasteiger partial charge in [0.15, 0.2) is 5.13 Å². The van der Waals surface area contributed by atoms with Crippen LogP contribution in [0.1, 0.15) is 44.7 Å². The van der Waals surface area contributed by atoms with Gasteiger partial charge in [-0.25, -0.2) is 9.97 Å². The molecule has 1 fully saturated rings. The Labute approximate surface area is 187 Å². The second kappa shape index (κ2) is 9.24. The first-order valence-electron chi connectivity index (χ1n) is 9.70. The van der Waals surface area contributed by atoms with Gasteiger partial charge in [-0.15, -0.1) is 22.7 Å². The third kappa shape index (κ3) is 4.88. The summed E-state index contributed by atoms with van der Waals surface area (Å²) in [5.74, 6) is 0.127. The molecule has 1 saturated heterocycles. The van der Waals surface area contributed by atoms with Crippen molar-refractivity contribution in [2.24, 2.45) is 0 Å². The minimum atomic E-state index is -0.237. The van der Waals surface area contributed by atoms with E-state index in [9.17, 15) is 9.59 Å². The second-order valence-electron chi connectivity index (χ2n) is 7.22. The van der Waals surface area contributed by atoms with E-state index in [-0.39, 0.29) is 17.7 Å². The maximum atomic E-state index is 12.6. The van der Waals surface area contributed by atoms with E-state index in [1.54, 1.807) is 11.6 Å². The van der Waals surface area contributed by atoms with Gasteiger partial charge in [0.05, 0.1) is 11.4 Å². The number of likely N-dealkylation sites (tertiary alicyclic amines) is 1. The molecule has 0 spiro atoms. The quantitative estimate of drug-likeness (QED) is 0.595. The van der Waals surface area contributed by atoms with Crippen molar-refractivity contribution in [2.45, 2.75) is 32.1 Å². The summed E-state index contributed by atoms with van der Waals surface area (Å²) in [6.07, 6.45) is 3.73. The molecule has 0 unspecified atom stereocenters. The Kier molecular flexibility index (Phi) is 6.46. The number of halogens is 1. The normalized spacial score (nSPS) is 14.7. The first kappa shape index (κ1) is 21.0. The van der Waals surface area contributed by atoms with Crippen LogP contribution in [0, 0.1) is 6.92 Å². The Morgan fingerprint density at radius 3 is 2.73 bits per heavy atom. The number of rotatable bonds is 5. The van der Waals surface area contributed by atoms with Gasteiger partial charge in [-0.1, -0.05) is 29.8 Å². The van der Waals surface area contributed by atoms with Gasteiger partial charge < -0.3 is 4.90 Å². The van der Waals surface area contributed by atoms with Crippen molar-refractivity contribution in [1.29, 1.82) is 0 Å². The molecule has 4 rings (SSSR count). The number of carbonyl (C=O) groups is 2. The maximum Gasteiger partial charge on any atom is 0.276 e. The summed E-state index contributed by atoms with van der Waals surface area (Å²) >= 11 is 9.12. The summed E-state index contributed by atoms with van der Waals surface area (Å²) in [6, 6.07) is 7.46. The van der Waals surface area contributed by atoms with E-state index in [4.69, 9.17) is 11.6 Å². The van der Waals surface area contributed by atoms with E-state index in [1.807, 2.05) is 36.1 Å². The number of nitrogens with zero attached hydrogens (tertiary/aromatic N) is 3. The molecule has 2 aromatic heterocycles. The van der Waals surface area contributed by atoms with Gasteiger partial charge in [0.2, 0.25) is 5.91 Å². The molecule has 0 radical (unpaired) electrons. The van der Waals surface area contributed by atoms with Crippen LogP contribution in [0.2, 0.25) is 5.02 Å². The van der Waals surface area contributed by atoms with Crippen molar-refractivity contribution in [2.75, 3.05) is 18.4 Å². The second-order valence-corrected chi connectivity index (χ2v) is 9.76. The maximum absolute atomic E-state index is 12.6. The third-order valence-corrected chi connectivity index (χ3v) is 7.30. The lowest BCUT2D eigenvalue weighted by Crippen LogP contribution is -2.38. The number of carbonyl (C=O) groups excluding carboxylic acids is 2. The minimum absolute atomic E-state index is 0.0968. The fourth-order valence-electron chi connectivity index (χ4n) is 3.45. The number of hydrogen-bond donors (Lipinski definition) is 1. The summed E-state index contributed by atoms with van der Waals surface area (Å²) in [7, 11) is 0. The van der Waals surface area contributed by atoms with Crippen molar-refractivity contribution in [3.63, 3.8) is 0 Å². The summed E-state index contributed by atoms with van der Waals surface area (Å²) in [5.41, 5.74) is 1.28. The van der Waals surface area contributed by atoms with E-state index in [2.05, 4.69) is 15.3 Å². The fraction of sp³-hybridized carbons (Fsp3) is 0.333. The molecule has 0 bridgehead atoms. The number of thiazole rings is 2. The molecule has 1 aliphatic rings. The molecule has 9 heteroatoms. The number of benzene rings is 1. The Morgan fingerprint density at radius 2 is 2.03 bits per heavy atom. The SMILES string of the molecule is Cc1cnc(NC(=O)c2csc(C3CCN(C(=O)Cc4ccccc4Cl)CC3)n2)s1. The Hall–Kier alpha value is -2.29. The zero-order valence-corrected chi connectivity index (χ0v) is 18.8. The molecular weight excluding hydrogens is 440 g/mol. The Bertz CT molecular complexity index is 1060.